The summed E-state index contributed by atoms with van der Waals surface area (Å²) in [6, 6.07) is 0. The van der Waals surface area contributed by atoms with E-state index in [1.54, 1.807) is 0 Å². The Bertz CT molecular complexity index is 380. The van der Waals surface area contributed by atoms with Gasteiger partial charge in [-0.2, -0.15) is 9.77 Å². The third kappa shape index (κ3) is 1.47. The fourth-order valence-corrected chi connectivity index (χ4v) is 1.22. The summed E-state index contributed by atoms with van der Waals surface area (Å²) in [5.74, 6) is 0.375. The number of hydrogen-bond donors (Lipinski definition) is 2. The zero-order valence-corrected chi connectivity index (χ0v) is 7.15. The van der Waals surface area contributed by atoms with Crippen LogP contribution in [0.15, 0.2) is 11.1 Å². The van der Waals surface area contributed by atoms with Gasteiger partial charge >= 0.3 is 5.69 Å². The molecular weight excluding hydrogens is 172 g/mol. The van der Waals surface area contributed by atoms with Gasteiger partial charge in [0.15, 0.2) is 0 Å². The lowest BCUT2D eigenvalue weighted by atomic mass is 10.3. The molecule has 70 valence electrons. The number of aromatic nitrogens is 3. The van der Waals surface area contributed by atoms with E-state index in [4.69, 9.17) is 0 Å². The molecule has 1 saturated carbocycles. The van der Waals surface area contributed by atoms with Crippen molar-refractivity contribution in [3.63, 3.8) is 0 Å². The molecule has 0 radical (unpaired) electrons. The van der Waals surface area contributed by atoms with Crippen molar-refractivity contribution in [2.45, 2.75) is 13.3 Å². The summed E-state index contributed by atoms with van der Waals surface area (Å²) in [5, 5.41) is 5.67. The van der Waals surface area contributed by atoms with Crippen LogP contribution in [0.5, 0.6) is 0 Å². The fourth-order valence-electron chi connectivity index (χ4n) is 1.22. The smallest absolute Gasteiger partial charge is 0.273 e. The second-order valence-electron chi connectivity index (χ2n) is 3.33. The van der Waals surface area contributed by atoms with Crippen molar-refractivity contribution in [2.24, 2.45) is 11.8 Å². The first-order chi connectivity index (χ1) is 6.18. The van der Waals surface area contributed by atoms with E-state index in [9.17, 15) is 9.59 Å². The van der Waals surface area contributed by atoms with E-state index in [0.717, 1.165) is 11.1 Å². The Labute approximate surface area is 73.9 Å². The van der Waals surface area contributed by atoms with Gasteiger partial charge in [-0.3, -0.25) is 10.2 Å². The molecule has 6 heteroatoms. The predicted octanol–water partition coefficient (Wildman–Crippen LogP) is -0.703. The topological polar surface area (TPSA) is 79.8 Å². The highest BCUT2D eigenvalue weighted by Gasteiger charge is 2.39. The van der Waals surface area contributed by atoms with E-state index in [2.05, 4.69) is 15.6 Å². The first-order valence-corrected chi connectivity index (χ1v) is 4.11. The number of hydrogen-bond acceptors (Lipinski definition) is 3. The van der Waals surface area contributed by atoms with Gasteiger partial charge in [-0.1, -0.05) is 6.92 Å². The molecule has 1 heterocycles. The molecule has 2 N–H and O–H groups in total. The molecule has 0 aromatic carbocycles. The van der Waals surface area contributed by atoms with E-state index in [1.807, 2.05) is 6.92 Å². The minimum absolute atomic E-state index is 0.0572. The van der Waals surface area contributed by atoms with Crippen LogP contribution < -0.4 is 11.1 Å². The number of nitrogens with zero attached hydrogens (tertiary/aromatic N) is 2. The maximum atomic E-state index is 11.3. The predicted molar refractivity (Wildman–Crippen MR) is 44.5 cm³/mol. The summed E-state index contributed by atoms with van der Waals surface area (Å²) in [5.41, 5.74) is 2.03. The Morgan fingerprint density at radius 1 is 1.85 bits per heavy atom. The van der Waals surface area contributed by atoms with Crippen molar-refractivity contribution in [1.29, 1.82) is 0 Å². The van der Waals surface area contributed by atoms with E-state index in [-0.39, 0.29) is 11.8 Å². The van der Waals surface area contributed by atoms with Crippen LogP contribution >= 0.6 is 0 Å². The third-order valence-electron chi connectivity index (χ3n) is 2.23. The Balaban J connectivity index is 2.03. The van der Waals surface area contributed by atoms with Gasteiger partial charge in [0.25, 0.3) is 0 Å². The highest BCUT2D eigenvalue weighted by atomic mass is 16.2. The zero-order valence-electron chi connectivity index (χ0n) is 7.15. The molecule has 6 nitrogen and oxygen atoms in total. The molecular formula is C7H10N4O2. The van der Waals surface area contributed by atoms with Crippen molar-refractivity contribution in [2.75, 3.05) is 5.43 Å². The standard InChI is InChI=1S/C7H10N4O2/c1-4-2-5(4)6(12)10-11-3-8-9-7(11)13/h3-5H,2H2,1H3,(H,9,13)(H,10,12)/t4-,5-/m0/s1. The molecule has 1 aromatic rings. The minimum Gasteiger partial charge on any atom is -0.273 e. The average Bonchev–Trinajstić information content (AvgIpc) is 2.68. The molecule has 1 fully saturated rings. The minimum atomic E-state index is -0.429. The van der Waals surface area contributed by atoms with Gasteiger partial charge in [-0.05, 0) is 12.3 Å². The number of H-pyrrole nitrogens is 1. The van der Waals surface area contributed by atoms with Crippen molar-refractivity contribution in [3.05, 3.63) is 16.8 Å². The molecule has 0 saturated heterocycles. The highest BCUT2D eigenvalue weighted by Crippen LogP contribution is 2.37. The Morgan fingerprint density at radius 2 is 2.54 bits per heavy atom. The maximum Gasteiger partial charge on any atom is 0.362 e. The van der Waals surface area contributed by atoms with Gasteiger partial charge in [0, 0.05) is 5.92 Å². The molecule has 0 aliphatic heterocycles. The molecule has 1 aromatic heterocycles. The number of carbonyl (C=O) groups is 1. The maximum absolute atomic E-state index is 11.3. The van der Waals surface area contributed by atoms with E-state index in [1.165, 1.54) is 6.33 Å². The van der Waals surface area contributed by atoms with Crippen molar-refractivity contribution < 1.29 is 4.79 Å². The Morgan fingerprint density at radius 3 is 3.00 bits per heavy atom. The van der Waals surface area contributed by atoms with Gasteiger partial charge in [0.05, 0.1) is 0 Å². The lowest BCUT2D eigenvalue weighted by Gasteiger charge is -2.01. The summed E-state index contributed by atoms with van der Waals surface area (Å²) in [6.45, 7) is 2.00. The van der Waals surface area contributed by atoms with Gasteiger partial charge in [-0.25, -0.2) is 9.89 Å². The monoisotopic (exact) mass is 182 g/mol. The summed E-state index contributed by atoms with van der Waals surface area (Å²) >= 11 is 0. The summed E-state index contributed by atoms with van der Waals surface area (Å²) in [7, 11) is 0. The first-order valence-electron chi connectivity index (χ1n) is 4.11. The van der Waals surface area contributed by atoms with Gasteiger partial charge in [-0.15, -0.1) is 0 Å². The van der Waals surface area contributed by atoms with Crippen LogP contribution in [0.25, 0.3) is 0 Å². The highest BCUT2D eigenvalue weighted by molar-refractivity contribution is 5.88. The summed E-state index contributed by atoms with van der Waals surface area (Å²) in [4.78, 5) is 22.2. The molecule has 0 unspecified atom stereocenters. The van der Waals surface area contributed by atoms with Gasteiger partial charge in [0.2, 0.25) is 5.91 Å². The largest absolute Gasteiger partial charge is 0.362 e. The number of nitrogens with one attached hydrogen (secondary N) is 2. The Kier molecular flexibility index (Phi) is 1.68. The van der Waals surface area contributed by atoms with E-state index in [0.29, 0.717) is 5.92 Å². The molecule has 1 amide bonds. The number of carbonyl (C=O) groups excluding carboxylic acids is 1. The van der Waals surface area contributed by atoms with Crippen LogP contribution in [0.1, 0.15) is 13.3 Å². The normalized spacial score (nSPS) is 25.6. The third-order valence-corrected chi connectivity index (χ3v) is 2.23. The van der Waals surface area contributed by atoms with E-state index < -0.39 is 5.69 Å². The zero-order chi connectivity index (χ0) is 9.42. The number of amides is 1. The van der Waals surface area contributed by atoms with Crippen molar-refractivity contribution >= 4 is 5.91 Å². The van der Waals surface area contributed by atoms with Gasteiger partial charge < -0.3 is 0 Å². The van der Waals surface area contributed by atoms with Crippen molar-refractivity contribution in [1.82, 2.24) is 14.9 Å². The number of aromatic amines is 1. The fraction of sp³-hybridized carbons (Fsp3) is 0.571. The number of rotatable bonds is 2. The second-order valence-corrected chi connectivity index (χ2v) is 3.33. The lowest BCUT2D eigenvalue weighted by Crippen LogP contribution is -2.32. The second kappa shape index (κ2) is 2.72. The van der Waals surface area contributed by atoms with E-state index >= 15 is 0 Å². The molecule has 1 aliphatic rings. The molecule has 13 heavy (non-hydrogen) atoms. The van der Waals surface area contributed by atoms with Crippen LogP contribution in [0, 0.1) is 11.8 Å². The van der Waals surface area contributed by atoms with Crippen LogP contribution in [0.3, 0.4) is 0 Å². The molecule has 2 rings (SSSR count). The van der Waals surface area contributed by atoms with Crippen molar-refractivity contribution in [3.8, 4) is 0 Å². The first kappa shape index (κ1) is 8.03. The van der Waals surface area contributed by atoms with Crippen LogP contribution in [0.2, 0.25) is 0 Å². The molecule has 0 spiro atoms. The average molecular weight is 182 g/mol. The molecule has 1 aliphatic carbocycles. The van der Waals surface area contributed by atoms with Gasteiger partial charge in [0.1, 0.15) is 6.33 Å². The Hall–Kier alpha value is -1.59. The lowest BCUT2D eigenvalue weighted by molar-refractivity contribution is -0.118. The summed E-state index contributed by atoms with van der Waals surface area (Å²) < 4.78 is 1.05. The van der Waals surface area contributed by atoms with Crippen LogP contribution in [-0.4, -0.2) is 20.8 Å². The molecule has 0 bridgehead atoms. The quantitative estimate of drug-likeness (QED) is 0.634. The molecule has 2 atom stereocenters. The van der Waals surface area contributed by atoms with Crippen LogP contribution in [0.4, 0.5) is 0 Å². The van der Waals surface area contributed by atoms with Crippen LogP contribution in [-0.2, 0) is 4.79 Å². The summed E-state index contributed by atoms with van der Waals surface area (Å²) in [6.07, 6.45) is 2.14. The SMILES string of the molecule is C[C@H]1C[C@@H]1C(=O)Nn1cn[nH]c1=O.